The quantitative estimate of drug-likeness (QED) is 0.640. The number of carbonyl (C=O) groups is 1. The molecule has 1 rings (SSSR count). The highest BCUT2D eigenvalue weighted by Gasteiger charge is 2.36. The first-order valence-electron chi connectivity index (χ1n) is 4.09. The van der Waals surface area contributed by atoms with Crippen molar-refractivity contribution in [1.29, 1.82) is 0 Å². The van der Waals surface area contributed by atoms with Gasteiger partial charge in [-0.1, -0.05) is 6.92 Å². The van der Waals surface area contributed by atoms with Gasteiger partial charge in [-0.05, 0) is 19.3 Å². The van der Waals surface area contributed by atoms with Gasteiger partial charge in [0.2, 0.25) is 5.91 Å². The van der Waals surface area contributed by atoms with Gasteiger partial charge >= 0.3 is 0 Å². The summed E-state index contributed by atoms with van der Waals surface area (Å²) in [5, 5.41) is 0. The average Bonchev–Trinajstić information content (AvgIpc) is 2.05. The van der Waals surface area contributed by atoms with Crippen molar-refractivity contribution in [1.82, 2.24) is 0 Å². The maximum absolute atomic E-state index is 11.1. The second kappa shape index (κ2) is 3.22. The van der Waals surface area contributed by atoms with E-state index in [1.54, 1.807) is 0 Å². The molecule has 0 aromatic rings. The topological polar surface area (TPSA) is 52.3 Å². The van der Waals surface area contributed by atoms with E-state index in [9.17, 15) is 4.79 Å². The molecular formula is C8H15NO2. The van der Waals surface area contributed by atoms with Gasteiger partial charge in [-0.15, -0.1) is 0 Å². The van der Waals surface area contributed by atoms with Crippen molar-refractivity contribution in [3.8, 4) is 0 Å². The molecule has 1 aliphatic rings. The van der Waals surface area contributed by atoms with Crippen LogP contribution in [0.25, 0.3) is 0 Å². The minimum atomic E-state index is -0.266. The Balaban J connectivity index is 2.64. The van der Waals surface area contributed by atoms with Gasteiger partial charge in [0.15, 0.2) is 0 Å². The number of hydrogen-bond donors (Lipinski definition) is 1. The van der Waals surface area contributed by atoms with E-state index in [-0.39, 0.29) is 11.3 Å². The smallest absolute Gasteiger partial charge is 0.223 e. The molecule has 1 saturated heterocycles. The zero-order chi connectivity index (χ0) is 8.32. The third-order valence-electron chi connectivity index (χ3n) is 2.65. The summed E-state index contributed by atoms with van der Waals surface area (Å²) in [7, 11) is 0. The summed E-state index contributed by atoms with van der Waals surface area (Å²) >= 11 is 0. The number of ether oxygens (including phenoxy) is 1. The predicted molar refractivity (Wildman–Crippen MR) is 42.0 cm³/mol. The Morgan fingerprint density at radius 1 is 1.55 bits per heavy atom. The van der Waals surface area contributed by atoms with Gasteiger partial charge in [-0.25, -0.2) is 0 Å². The van der Waals surface area contributed by atoms with E-state index in [2.05, 4.69) is 0 Å². The van der Waals surface area contributed by atoms with Gasteiger partial charge in [-0.3, -0.25) is 4.79 Å². The Kier molecular flexibility index (Phi) is 2.49. The molecule has 3 heteroatoms. The molecule has 0 unspecified atom stereocenters. The first-order chi connectivity index (χ1) is 5.21. The molecule has 0 aliphatic carbocycles. The first kappa shape index (κ1) is 8.53. The summed E-state index contributed by atoms with van der Waals surface area (Å²) in [4.78, 5) is 11.1. The summed E-state index contributed by atoms with van der Waals surface area (Å²) in [5.41, 5.74) is 5.05. The number of hydrogen-bond acceptors (Lipinski definition) is 2. The SMILES string of the molecule is CCC1(C(N)=O)CCOCC1. The van der Waals surface area contributed by atoms with Gasteiger partial charge in [0.25, 0.3) is 0 Å². The number of rotatable bonds is 2. The Labute approximate surface area is 66.9 Å². The summed E-state index contributed by atoms with van der Waals surface area (Å²) in [6, 6.07) is 0. The van der Waals surface area contributed by atoms with E-state index in [4.69, 9.17) is 10.5 Å². The van der Waals surface area contributed by atoms with Gasteiger partial charge in [0.05, 0.1) is 5.41 Å². The molecule has 0 saturated carbocycles. The Hall–Kier alpha value is -0.570. The highest BCUT2D eigenvalue weighted by Crippen LogP contribution is 2.33. The number of nitrogens with two attached hydrogens (primary N) is 1. The largest absolute Gasteiger partial charge is 0.381 e. The molecule has 11 heavy (non-hydrogen) atoms. The van der Waals surface area contributed by atoms with Crippen LogP contribution in [0.1, 0.15) is 26.2 Å². The Morgan fingerprint density at radius 2 is 2.09 bits per heavy atom. The van der Waals surface area contributed by atoms with E-state index in [1.165, 1.54) is 0 Å². The van der Waals surface area contributed by atoms with Crippen LogP contribution >= 0.6 is 0 Å². The predicted octanol–water partition coefficient (Wildman–Crippen LogP) is 0.678. The molecule has 0 atom stereocenters. The minimum absolute atomic E-state index is 0.164. The lowest BCUT2D eigenvalue weighted by Crippen LogP contribution is -2.41. The van der Waals surface area contributed by atoms with Crippen LogP contribution in [0, 0.1) is 5.41 Å². The Morgan fingerprint density at radius 3 is 2.36 bits per heavy atom. The van der Waals surface area contributed by atoms with Crippen molar-refractivity contribution in [2.24, 2.45) is 11.1 Å². The molecular weight excluding hydrogens is 142 g/mol. The fourth-order valence-electron chi connectivity index (χ4n) is 1.54. The molecule has 1 fully saturated rings. The van der Waals surface area contributed by atoms with Crippen LogP contribution in [0.5, 0.6) is 0 Å². The molecule has 0 aromatic carbocycles. The first-order valence-corrected chi connectivity index (χ1v) is 4.09. The summed E-state index contributed by atoms with van der Waals surface area (Å²) in [6.45, 7) is 3.36. The zero-order valence-corrected chi connectivity index (χ0v) is 6.93. The van der Waals surface area contributed by atoms with Crippen molar-refractivity contribution >= 4 is 5.91 Å². The fraction of sp³-hybridized carbons (Fsp3) is 0.875. The summed E-state index contributed by atoms with van der Waals surface area (Å²) in [5.74, 6) is -0.164. The van der Waals surface area contributed by atoms with Crippen LogP contribution in [0.3, 0.4) is 0 Å². The minimum Gasteiger partial charge on any atom is -0.381 e. The zero-order valence-electron chi connectivity index (χ0n) is 6.93. The molecule has 0 radical (unpaired) electrons. The highest BCUT2D eigenvalue weighted by molar-refractivity contribution is 5.80. The van der Waals surface area contributed by atoms with Crippen LogP contribution in [-0.4, -0.2) is 19.1 Å². The maximum Gasteiger partial charge on any atom is 0.223 e. The van der Waals surface area contributed by atoms with Gasteiger partial charge < -0.3 is 10.5 Å². The van der Waals surface area contributed by atoms with Crippen LogP contribution in [0.4, 0.5) is 0 Å². The standard InChI is InChI=1S/C8H15NO2/c1-2-8(7(9)10)3-5-11-6-4-8/h2-6H2,1H3,(H2,9,10). The van der Waals surface area contributed by atoms with Crippen molar-refractivity contribution in [2.75, 3.05) is 13.2 Å². The average molecular weight is 157 g/mol. The maximum atomic E-state index is 11.1. The van der Waals surface area contributed by atoms with E-state index in [1.807, 2.05) is 6.92 Å². The molecule has 1 amide bonds. The van der Waals surface area contributed by atoms with Gasteiger partial charge in [-0.2, -0.15) is 0 Å². The second-order valence-electron chi connectivity index (χ2n) is 3.11. The van der Waals surface area contributed by atoms with Crippen LogP contribution in [-0.2, 0) is 9.53 Å². The van der Waals surface area contributed by atoms with E-state index >= 15 is 0 Å². The van der Waals surface area contributed by atoms with Crippen molar-refractivity contribution in [2.45, 2.75) is 26.2 Å². The lowest BCUT2D eigenvalue weighted by Gasteiger charge is -2.32. The van der Waals surface area contributed by atoms with Gasteiger partial charge in [0, 0.05) is 13.2 Å². The number of carbonyl (C=O) groups excluding carboxylic acids is 1. The third kappa shape index (κ3) is 1.53. The van der Waals surface area contributed by atoms with E-state index in [0.29, 0.717) is 13.2 Å². The molecule has 1 heterocycles. The Bertz CT molecular complexity index is 150. The lowest BCUT2D eigenvalue weighted by atomic mass is 9.77. The van der Waals surface area contributed by atoms with Crippen molar-refractivity contribution in [3.63, 3.8) is 0 Å². The van der Waals surface area contributed by atoms with Crippen molar-refractivity contribution in [3.05, 3.63) is 0 Å². The number of amides is 1. The van der Waals surface area contributed by atoms with Crippen LogP contribution < -0.4 is 5.73 Å². The third-order valence-corrected chi connectivity index (χ3v) is 2.65. The van der Waals surface area contributed by atoms with Crippen LogP contribution in [0.15, 0.2) is 0 Å². The molecule has 2 N–H and O–H groups in total. The number of primary amides is 1. The molecule has 0 bridgehead atoms. The normalized spacial score (nSPS) is 23.0. The highest BCUT2D eigenvalue weighted by atomic mass is 16.5. The molecule has 1 aliphatic heterocycles. The van der Waals surface area contributed by atoms with Crippen molar-refractivity contribution < 1.29 is 9.53 Å². The second-order valence-corrected chi connectivity index (χ2v) is 3.11. The van der Waals surface area contributed by atoms with E-state index in [0.717, 1.165) is 19.3 Å². The molecule has 3 nitrogen and oxygen atoms in total. The fourth-order valence-corrected chi connectivity index (χ4v) is 1.54. The monoisotopic (exact) mass is 157 g/mol. The van der Waals surface area contributed by atoms with E-state index < -0.39 is 0 Å². The molecule has 0 aromatic heterocycles. The van der Waals surface area contributed by atoms with Crippen LogP contribution in [0.2, 0.25) is 0 Å². The molecule has 64 valence electrons. The summed E-state index contributed by atoms with van der Waals surface area (Å²) < 4.78 is 5.17. The molecule has 0 spiro atoms. The lowest BCUT2D eigenvalue weighted by molar-refractivity contribution is -0.133. The summed E-state index contributed by atoms with van der Waals surface area (Å²) in [6.07, 6.45) is 2.42. The van der Waals surface area contributed by atoms with Gasteiger partial charge in [0.1, 0.15) is 0 Å².